The number of nitrogens with one attached hydrogen (secondary N) is 1. The normalized spacial score (nSPS) is 22.2. The van der Waals surface area contributed by atoms with Gasteiger partial charge in [0.05, 0.1) is 23.8 Å². The number of carboxylic acids is 1. The molecule has 3 unspecified atom stereocenters. The van der Waals surface area contributed by atoms with Crippen molar-refractivity contribution < 1.29 is 23.4 Å². The van der Waals surface area contributed by atoms with Crippen LogP contribution in [0.1, 0.15) is 52.0 Å². The summed E-state index contributed by atoms with van der Waals surface area (Å²) in [5, 5.41) is 30.5. The molecule has 0 radical (unpaired) electrons. The van der Waals surface area contributed by atoms with Crippen LogP contribution in [0.25, 0.3) is 11.2 Å². The predicted molar refractivity (Wildman–Crippen MR) is 104 cm³/mol. The lowest BCUT2D eigenvalue weighted by Crippen LogP contribution is -2.20. The van der Waals surface area contributed by atoms with E-state index in [1.165, 1.54) is 4.68 Å². The highest BCUT2D eigenvalue weighted by atomic mass is 32.2. The van der Waals surface area contributed by atoms with Crippen LogP contribution in [-0.4, -0.2) is 68.0 Å². The summed E-state index contributed by atoms with van der Waals surface area (Å²) in [6.45, 7) is 4.37. The number of anilines is 1. The van der Waals surface area contributed by atoms with E-state index in [-0.39, 0.29) is 35.2 Å². The van der Waals surface area contributed by atoms with Crippen LogP contribution in [0.5, 0.6) is 0 Å². The topological polar surface area (TPSA) is 160 Å². The van der Waals surface area contributed by atoms with Gasteiger partial charge in [-0.15, -0.1) is 5.10 Å². The van der Waals surface area contributed by atoms with Crippen LogP contribution in [0.15, 0.2) is 5.16 Å². The Labute approximate surface area is 168 Å². The molecule has 1 aliphatic rings. The third kappa shape index (κ3) is 4.32. The number of carbonyl (C=O) groups is 1. The van der Waals surface area contributed by atoms with Crippen LogP contribution >= 0.6 is 0 Å². The van der Waals surface area contributed by atoms with E-state index >= 15 is 0 Å². The van der Waals surface area contributed by atoms with Gasteiger partial charge in [0, 0.05) is 6.54 Å². The van der Waals surface area contributed by atoms with Gasteiger partial charge in [0.15, 0.2) is 17.0 Å². The second-order valence-electron chi connectivity index (χ2n) is 7.30. The van der Waals surface area contributed by atoms with Crippen LogP contribution in [0.3, 0.4) is 0 Å². The predicted octanol–water partition coefficient (Wildman–Crippen LogP) is 1.01. The van der Waals surface area contributed by atoms with E-state index < -0.39 is 33.9 Å². The highest BCUT2D eigenvalue weighted by molar-refractivity contribution is 7.91. The zero-order valence-electron chi connectivity index (χ0n) is 16.4. The first-order chi connectivity index (χ1) is 13.8. The van der Waals surface area contributed by atoms with E-state index in [1.54, 1.807) is 6.92 Å². The SMILES string of the molecule is CCCCNc1nc(S(=O)(=O)CCC)nc2c1nnn2C1CC(C(=O)O)CC1O. The zero-order chi connectivity index (χ0) is 21.2. The van der Waals surface area contributed by atoms with Crippen molar-refractivity contribution in [2.45, 2.75) is 63.3 Å². The Bertz CT molecular complexity index is 992. The second kappa shape index (κ2) is 8.57. The molecule has 1 fully saturated rings. The molecule has 160 valence electrons. The van der Waals surface area contributed by atoms with Gasteiger partial charge in [-0.2, -0.15) is 9.97 Å². The van der Waals surface area contributed by atoms with Gasteiger partial charge in [0.2, 0.25) is 9.84 Å². The van der Waals surface area contributed by atoms with Gasteiger partial charge < -0.3 is 15.5 Å². The summed E-state index contributed by atoms with van der Waals surface area (Å²) in [5.74, 6) is -1.52. The lowest BCUT2D eigenvalue weighted by molar-refractivity contribution is -0.141. The molecule has 0 amide bonds. The van der Waals surface area contributed by atoms with Crippen LogP contribution in [0.2, 0.25) is 0 Å². The summed E-state index contributed by atoms with van der Waals surface area (Å²) in [4.78, 5) is 19.7. The molecule has 2 heterocycles. The van der Waals surface area contributed by atoms with Crippen molar-refractivity contribution in [1.82, 2.24) is 25.0 Å². The molecule has 1 aliphatic carbocycles. The summed E-state index contributed by atoms with van der Waals surface area (Å²) in [6.07, 6.45) is 1.53. The summed E-state index contributed by atoms with van der Waals surface area (Å²) in [6, 6.07) is -0.652. The van der Waals surface area contributed by atoms with Gasteiger partial charge >= 0.3 is 5.97 Å². The number of aliphatic hydroxyl groups excluding tert-OH is 1. The highest BCUT2D eigenvalue weighted by Crippen LogP contribution is 2.36. The van der Waals surface area contributed by atoms with Crippen molar-refractivity contribution in [2.75, 3.05) is 17.6 Å². The Hall–Kier alpha value is -2.34. The Balaban J connectivity index is 2.08. The average Bonchev–Trinajstić information content (AvgIpc) is 3.25. The maximum atomic E-state index is 12.6. The molecule has 1 saturated carbocycles. The van der Waals surface area contributed by atoms with Gasteiger partial charge in [-0.05, 0) is 25.7 Å². The number of sulfone groups is 1. The van der Waals surface area contributed by atoms with E-state index in [9.17, 15) is 23.4 Å². The Kier molecular flexibility index (Phi) is 6.32. The molecule has 2 aromatic rings. The average molecular weight is 426 g/mol. The van der Waals surface area contributed by atoms with Gasteiger partial charge in [0.25, 0.3) is 5.16 Å². The number of aliphatic carboxylic acids is 1. The first-order valence-electron chi connectivity index (χ1n) is 9.78. The maximum absolute atomic E-state index is 12.6. The maximum Gasteiger partial charge on any atom is 0.306 e. The van der Waals surface area contributed by atoms with Gasteiger partial charge in [0.1, 0.15) is 0 Å². The fourth-order valence-corrected chi connectivity index (χ4v) is 4.67. The molecule has 3 atom stereocenters. The molecule has 0 spiro atoms. The second-order valence-corrected chi connectivity index (χ2v) is 9.30. The molecular weight excluding hydrogens is 400 g/mol. The monoisotopic (exact) mass is 426 g/mol. The fourth-order valence-electron chi connectivity index (χ4n) is 3.50. The lowest BCUT2D eigenvalue weighted by atomic mass is 10.1. The van der Waals surface area contributed by atoms with Crippen molar-refractivity contribution in [3.63, 3.8) is 0 Å². The molecule has 29 heavy (non-hydrogen) atoms. The van der Waals surface area contributed by atoms with E-state index in [1.807, 2.05) is 6.92 Å². The molecule has 2 aromatic heterocycles. The smallest absolute Gasteiger partial charge is 0.306 e. The van der Waals surface area contributed by atoms with Crippen molar-refractivity contribution in [3.05, 3.63) is 0 Å². The van der Waals surface area contributed by atoms with E-state index in [0.29, 0.717) is 18.5 Å². The summed E-state index contributed by atoms with van der Waals surface area (Å²) in [7, 11) is -3.70. The molecular formula is C17H26N6O5S. The molecule has 0 aromatic carbocycles. The number of nitrogens with zero attached hydrogens (tertiary/aromatic N) is 5. The number of carboxylic acid groups (broad SMARTS) is 1. The minimum absolute atomic E-state index is 0.0923. The molecule has 0 aliphatic heterocycles. The van der Waals surface area contributed by atoms with Crippen molar-refractivity contribution in [1.29, 1.82) is 0 Å². The van der Waals surface area contributed by atoms with Gasteiger partial charge in [-0.1, -0.05) is 25.5 Å². The van der Waals surface area contributed by atoms with Crippen molar-refractivity contribution in [2.24, 2.45) is 5.92 Å². The van der Waals surface area contributed by atoms with Gasteiger partial charge in [-0.3, -0.25) is 4.79 Å². The number of hydrogen-bond donors (Lipinski definition) is 3. The van der Waals surface area contributed by atoms with Crippen LogP contribution in [0, 0.1) is 5.92 Å². The molecule has 0 bridgehead atoms. The standard InChI is InChI=1S/C17H26N6O5S/c1-3-5-6-18-14-13-15(20-17(19-14)29(27,28)7-4-2)23(22-21-13)11-8-10(16(25)26)9-12(11)24/h10-12,24H,3-9H2,1-2H3,(H,25,26)(H,18,19,20). The Morgan fingerprint density at radius 3 is 2.62 bits per heavy atom. The Morgan fingerprint density at radius 2 is 2.00 bits per heavy atom. The fraction of sp³-hybridized carbons (Fsp3) is 0.706. The molecule has 12 heteroatoms. The van der Waals surface area contributed by atoms with Crippen molar-refractivity contribution >= 4 is 32.8 Å². The zero-order valence-corrected chi connectivity index (χ0v) is 17.3. The van der Waals surface area contributed by atoms with Crippen LogP contribution in [-0.2, 0) is 14.6 Å². The largest absolute Gasteiger partial charge is 0.481 e. The number of fused-ring (bicyclic) bond motifs is 1. The van der Waals surface area contributed by atoms with Crippen molar-refractivity contribution in [3.8, 4) is 0 Å². The van der Waals surface area contributed by atoms with Crippen LogP contribution < -0.4 is 5.32 Å². The lowest BCUT2D eigenvalue weighted by Gasteiger charge is -2.15. The number of aromatic nitrogens is 5. The van der Waals surface area contributed by atoms with E-state index in [4.69, 9.17) is 0 Å². The molecule has 11 nitrogen and oxygen atoms in total. The molecule has 3 N–H and O–H groups in total. The number of hydrogen-bond acceptors (Lipinski definition) is 9. The third-order valence-electron chi connectivity index (χ3n) is 5.04. The van der Waals surface area contributed by atoms with E-state index in [0.717, 1.165) is 12.8 Å². The van der Waals surface area contributed by atoms with E-state index in [2.05, 4.69) is 25.6 Å². The Morgan fingerprint density at radius 1 is 1.24 bits per heavy atom. The quantitative estimate of drug-likeness (QED) is 0.390. The number of unbranched alkanes of at least 4 members (excludes halogenated alkanes) is 1. The summed E-state index contributed by atoms with van der Waals surface area (Å²) < 4.78 is 26.5. The summed E-state index contributed by atoms with van der Waals surface area (Å²) >= 11 is 0. The van der Waals surface area contributed by atoms with Crippen LogP contribution in [0.4, 0.5) is 5.82 Å². The minimum Gasteiger partial charge on any atom is -0.481 e. The van der Waals surface area contributed by atoms with Gasteiger partial charge in [-0.25, -0.2) is 13.1 Å². The molecule has 0 saturated heterocycles. The highest BCUT2D eigenvalue weighted by Gasteiger charge is 2.40. The summed E-state index contributed by atoms with van der Waals surface area (Å²) in [5.41, 5.74) is 0.464. The first-order valence-corrected chi connectivity index (χ1v) is 11.4. The third-order valence-corrected chi connectivity index (χ3v) is 6.72. The minimum atomic E-state index is -3.70. The first kappa shape index (κ1) is 21.4. The number of rotatable bonds is 9. The molecule has 3 rings (SSSR count). The number of aliphatic hydroxyl groups is 1.